The predicted octanol–water partition coefficient (Wildman–Crippen LogP) is 4.55. The summed E-state index contributed by atoms with van der Waals surface area (Å²) < 4.78 is 1.04. The summed E-state index contributed by atoms with van der Waals surface area (Å²) >= 11 is 2.17. The van der Waals surface area contributed by atoms with Gasteiger partial charge < -0.3 is 4.84 Å². The second kappa shape index (κ2) is 7.88. The van der Waals surface area contributed by atoms with E-state index in [2.05, 4.69) is 27.7 Å². The number of oxime groups is 1. The third kappa shape index (κ3) is 4.41. The van der Waals surface area contributed by atoms with Gasteiger partial charge in [0.05, 0.1) is 5.56 Å². The van der Waals surface area contributed by atoms with Crippen molar-refractivity contribution < 1.29 is 14.4 Å². The van der Waals surface area contributed by atoms with Crippen LogP contribution in [0.3, 0.4) is 0 Å². The van der Waals surface area contributed by atoms with E-state index in [0.717, 1.165) is 3.57 Å². The first-order valence-corrected chi connectivity index (χ1v) is 8.90. The van der Waals surface area contributed by atoms with Gasteiger partial charge in [-0.25, -0.2) is 4.79 Å². The van der Waals surface area contributed by atoms with Crippen molar-refractivity contribution in [2.24, 2.45) is 17.0 Å². The second-order valence-electron chi connectivity index (χ2n) is 6.24. The smallest absolute Gasteiger partial charge is 0.312 e. The summed E-state index contributed by atoms with van der Waals surface area (Å²) in [5.74, 6) is -0.313. The number of ketones is 1. The molecule has 2 rings (SSSR count). The molecule has 0 saturated carbocycles. The average molecular weight is 437 g/mol. The van der Waals surface area contributed by atoms with Gasteiger partial charge in [-0.1, -0.05) is 32.9 Å². The summed E-state index contributed by atoms with van der Waals surface area (Å²) in [5, 5.41) is 3.94. The molecule has 0 atom stereocenters. The molecule has 1 aliphatic rings. The molecule has 0 amide bonds. The minimum atomic E-state index is -0.519. The minimum Gasteiger partial charge on any atom is -0.312 e. The number of carbonyl (C=O) groups excluding carboxylic acids is 2. The van der Waals surface area contributed by atoms with Gasteiger partial charge in [0.1, 0.15) is 5.71 Å². The number of nitrogens with zero attached hydrogens (tertiary/aromatic N) is 1. The maximum absolute atomic E-state index is 12.4. The van der Waals surface area contributed by atoms with Crippen molar-refractivity contribution in [2.75, 3.05) is 0 Å². The van der Waals surface area contributed by atoms with Crippen LogP contribution < -0.4 is 0 Å². The van der Waals surface area contributed by atoms with Crippen molar-refractivity contribution in [3.05, 3.63) is 56.7 Å². The van der Waals surface area contributed by atoms with Crippen LogP contribution in [0.25, 0.3) is 0 Å². The summed E-state index contributed by atoms with van der Waals surface area (Å²) in [7, 11) is 0. The van der Waals surface area contributed by atoms with Crippen molar-refractivity contribution >= 4 is 40.1 Å². The van der Waals surface area contributed by atoms with Crippen LogP contribution in [0.4, 0.5) is 0 Å². The predicted molar refractivity (Wildman–Crippen MR) is 103 cm³/mol. The van der Waals surface area contributed by atoms with Gasteiger partial charge in [-0.15, -0.1) is 0 Å². The average Bonchev–Trinajstić information content (AvgIpc) is 2.53. The Morgan fingerprint density at radius 2 is 1.50 bits per heavy atom. The highest BCUT2D eigenvalue weighted by Crippen LogP contribution is 2.25. The van der Waals surface area contributed by atoms with Gasteiger partial charge in [0, 0.05) is 14.7 Å². The number of hydrogen-bond acceptors (Lipinski definition) is 4. The van der Waals surface area contributed by atoms with Crippen LogP contribution >= 0.6 is 22.6 Å². The number of allylic oxidation sites excluding steroid dienone is 4. The molecule has 0 bridgehead atoms. The van der Waals surface area contributed by atoms with Crippen LogP contribution in [0.1, 0.15) is 38.1 Å². The Morgan fingerprint density at radius 1 is 1.00 bits per heavy atom. The molecular weight excluding hydrogens is 417 g/mol. The van der Waals surface area contributed by atoms with E-state index in [4.69, 9.17) is 4.84 Å². The highest BCUT2D eigenvalue weighted by molar-refractivity contribution is 14.1. The van der Waals surface area contributed by atoms with E-state index in [1.54, 1.807) is 24.3 Å². The van der Waals surface area contributed by atoms with Crippen LogP contribution in [-0.4, -0.2) is 17.5 Å². The SMILES string of the molecule is CC(C)C1=CC(=NOC(=O)c2ccc(I)cc2)C=C(C(C)C)C1=O. The number of rotatable bonds is 4. The molecule has 0 spiro atoms. The summed E-state index contributed by atoms with van der Waals surface area (Å²) in [4.78, 5) is 29.5. The molecule has 24 heavy (non-hydrogen) atoms. The number of carbonyl (C=O) groups is 2. The van der Waals surface area contributed by atoms with Crippen LogP contribution in [-0.2, 0) is 9.63 Å². The van der Waals surface area contributed by atoms with E-state index < -0.39 is 5.97 Å². The van der Waals surface area contributed by atoms with Gasteiger partial charge in [-0.2, -0.15) is 0 Å². The summed E-state index contributed by atoms with van der Waals surface area (Å²) in [6, 6.07) is 7.05. The lowest BCUT2D eigenvalue weighted by Gasteiger charge is -2.19. The van der Waals surface area contributed by atoms with Gasteiger partial charge in [0.25, 0.3) is 0 Å². The van der Waals surface area contributed by atoms with Gasteiger partial charge in [-0.3, -0.25) is 4.79 Å². The molecule has 126 valence electrons. The Hall–Kier alpha value is -1.76. The fourth-order valence-electron chi connectivity index (χ4n) is 2.30. The Balaban J connectivity index is 2.25. The molecule has 0 fully saturated rings. The van der Waals surface area contributed by atoms with Crippen molar-refractivity contribution in [3.8, 4) is 0 Å². The third-order valence-corrected chi connectivity index (χ3v) is 4.41. The lowest BCUT2D eigenvalue weighted by molar-refractivity contribution is -0.113. The minimum absolute atomic E-state index is 0.0444. The monoisotopic (exact) mass is 437 g/mol. The van der Waals surface area contributed by atoms with Gasteiger partial charge >= 0.3 is 5.97 Å². The molecule has 1 aromatic carbocycles. The quantitative estimate of drug-likeness (QED) is 0.301. The Kier molecular flexibility index (Phi) is 6.10. The fraction of sp³-hybridized carbons (Fsp3) is 0.316. The molecule has 0 heterocycles. The standard InChI is InChI=1S/C19H20INO3/c1-11(2)16-9-15(10-17(12(3)4)18(16)22)21-24-19(23)13-5-7-14(20)8-6-13/h5-12H,1-4H3. The Labute approximate surface area is 155 Å². The fourth-order valence-corrected chi connectivity index (χ4v) is 2.66. The van der Waals surface area contributed by atoms with Crippen LogP contribution in [0.15, 0.2) is 52.7 Å². The van der Waals surface area contributed by atoms with Crippen molar-refractivity contribution in [2.45, 2.75) is 27.7 Å². The van der Waals surface area contributed by atoms with E-state index in [0.29, 0.717) is 22.4 Å². The second-order valence-corrected chi connectivity index (χ2v) is 7.49. The lowest BCUT2D eigenvalue weighted by atomic mass is 9.84. The number of benzene rings is 1. The maximum Gasteiger partial charge on any atom is 0.365 e. The molecule has 5 heteroatoms. The lowest BCUT2D eigenvalue weighted by Crippen LogP contribution is -2.21. The molecule has 0 N–H and O–H groups in total. The van der Waals surface area contributed by atoms with Gasteiger partial charge in [-0.05, 0) is 70.8 Å². The zero-order chi connectivity index (χ0) is 17.9. The summed E-state index contributed by atoms with van der Waals surface area (Å²) in [6.45, 7) is 7.84. The van der Waals surface area contributed by atoms with Crippen molar-refractivity contribution in [1.29, 1.82) is 0 Å². The number of hydrogen-bond donors (Lipinski definition) is 0. The Bertz CT molecular complexity index is 710. The van der Waals surface area contributed by atoms with Crippen LogP contribution in [0.5, 0.6) is 0 Å². The van der Waals surface area contributed by atoms with E-state index in [1.807, 2.05) is 39.8 Å². The molecule has 1 aliphatic carbocycles. The van der Waals surface area contributed by atoms with Crippen LogP contribution in [0, 0.1) is 15.4 Å². The molecule has 0 unspecified atom stereocenters. The highest BCUT2D eigenvalue weighted by atomic mass is 127. The molecular formula is C19H20INO3. The van der Waals surface area contributed by atoms with E-state index in [1.165, 1.54) is 0 Å². The highest BCUT2D eigenvalue weighted by Gasteiger charge is 2.25. The zero-order valence-electron chi connectivity index (χ0n) is 14.2. The first-order chi connectivity index (χ1) is 11.3. The van der Waals surface area contributed by atoms with E-state index >= 15 is 0 Å². The molecule has 4 nitrogen and oxygen atoms in total. The number of halogens is 1. The van der Waals surface area contributed by atoms with Crippen LogP contribution in [0.2, 0.25) is 0 Å². The normalized spacial score (nSPS) is 14.6. The summed E-state index contributed by atoms with van der Waals surface area (Å²) in [5.41, 5.74) is 2.30. The molecule has 0 saturated heterocycles. The first kappa shape index (κ1) is 18.6. The van der Waals surface area contributed by atoms with Crippen molar-refractivity contribution in [1.82, 2.24) is 0 Å². The molecule has 0 aromatic heterocycles. The van der Waals surface area contributed by atoms with E-state index in [-0.39, 0.29) is 17.6 Å². The largest absolute Gasteiger partial charge is 0.365 e. The maximum atomic E-state index is 12.4. The van der Waals surface area contributed by atoms with Gasteiger partial charge in [0.2, 0.25) is 0 Å². The molecule has 1 aromatic rings. The number of Topliss-reactive ketones (excluding diaryl/α,β-unsaturated/α-hetero) is 1. The topological polar surface area (TPSA) is 55.7 Å². The third-order valence-electron chi connectivity index (χ3n) is 3.69. The van der Waals surface area contributed by atoms with E-state index in [9.17, 15) is 9.59 Å². The summed E-state index contributed by atoms with van der Waals surface area (Å²) in [6.07, 6.45) is 3.39. The van der Waals surface area contributed by atoms with Gasteiger partial charge in [0.15, 0.2) is 5.78 Å². The first-order valence-electron chi connectivity index (χ1n) is 7.82. The molecule has 0 radical (unpaired) electrons. The molecule has 0 aliphatic heterocycles. The van der Waals surface area contributed by atoms with Crippen molar-refractivity contribution in [3.63, 3.8) is 0 Å². The zero-order valence-corrected chi connectivity index (χ0v) is 16.3. The Morgan fingerprint density at radius 3 is 1.96 bits per heavy atom.